The molecule has 0 atom stereocenters. The van der Waals surface area contributed by atoms with Crippen molar-refractivity contribution in [2.75, 3.05) is 12.4 Å². The van der Waals surface area contributed by atoms with Gasteiger partial charge in [0.1, 0.15) is 23.3 Å². The number of nitriles is 2. The maximum absolute atomic E-state index is 11.5. The predicted molar refractivity (Wildman–Crippen MR) is 65.7 cm³/mol. The lowest BCUT2D eigenvalue weighted by Crippen LogP contribution is -2.06. The van der Waals surface area contributed by atoms with E-state index in [0.717, 1.165) is 0 Å². The summed E-state index contributed by atoms with van der Waals surface area (Å²) in [5.74, 6) is -0.605. The maximum atomic E-state index is 11.5. The van der Waals surface area contributed by atoms with E-state index in [1.807, 2.05) is 0 Å². The summed E-state index contributed by atoms with van der Waals surface area (Å²) in [6, 6.07) is 8.13. The van der Waals surface area contributed by atoms with Gasteiger partial charge < -0.3 is 10.1 Å². The van der Waals surface area contributed by atoms with Gasteiger partial charge in [-0.3, -0.25) is 0 Å². The summed E-state index contributed by atoms with van der Waals surface area (Å²) in [6.45, 7) is 0. The second-order valence-electron chi connectivity index (χ2n) is 3.08. The number of nitrogens with zero attached hydrogens (tertiary/aromatic N) is 2. The van der Waals surface area contributed by atoms with E-state index in [9.17, 15) is 4.79 Å². The number of rotatable bonds is 3. The number of halogens is 1. The molecule has 90 valence electrons. The second kappa shape index (κ2) is 6.29. The number of allylic oxidation sites excluding steroid dienone is 1. The monoisotopic (exact) mass is 261 g/mol. The zero-order chi connectivity index (χ0) is 13.5. The summed E-state index contributed by atoms with van der Waals surface area (Å²) < 4.78 is 4.60. The zero-order valence-electron chi connectivity index (χ0n) is 9.40. The van der Waals surface area contributed by atoms with Gasteiger partial charge in [0.2, 0.25) is 0 Å². The van der Waals surface area contributed by atoms with Gasteiger partial charge in [0.25, 0.3) is 0 Å². The molecule has 5 nitrogen and oxygen atoms in total. The van der Waals surface area contributed by atoms with Crippen LogP contribution in [0.2, 0.25) is 5.02 Å². The molecule has 1 rings (SSSR count). The van der Waals surface area contributed by atoms with E-state index in [4.69, 9.17) is 22.1 Å². The van der Waals surface area contributed by atoms with E-state index < -0.39 is 5.97 Å². The Morgan fingerprint density at radius 2 is 2.11 bits per heavy atom. The van der Waals surface area contributed by atoms with E-state index in [2.05, 4.69) is 10.1 Å². The summed E-state index contributed by atoms with van der Waals surface area (Å²) in [5, 5.41) is 20.1. The molecule has 6 heteroatoms. The van der Waals surface area contributed by atoms with Crippen molar-refractivity contribution in [1.29, 1.82) is 10.5 Å². The molecule has 0 radical (unpaired) electrons. The third kappa shape index (κ3) is 3.00. The third-order valence-corrected chi connectivity index (χ3v) is 2.33. The molecular weight excluding hydrogens is 254 g/mol. The van der Waals surface area contributed by atoms with Gasteiger partial charge >= 0.3 is 5.97 Å². The number of carbonyl (C=O) groups is 1. The minimum atomic E-state index is -0.605. The van der Waals surface area contributed by atoms with Crippen molar-refractivity contribution >= 4 is 23.3 Å². The highest BCUT2D eigenvalue weighted by Crippen LogP contribution is 2.25. The van der Waals surface area contributed by atoms with Crippen LogP contribution in [0.15, 0.2) is 30.0 Å². The molecule has 0 aliphatic heterocycles. The van der Waals surface area contributed by atoms with Crippen LogP contribution in [0.5, 0.6) is 0 Å². The maximum Gasteiger partial charge on any atom is 0.341 e. The fourth-order valence-corrected chi connectivity index (χ4v) is 1.45. The molecule has 0 heterocycles. The Balaban J connectivity index is 3.15. The fraction of sp³-hybridized carbons (Fsp3) is 0.0833. The number of nitrogens with one attached hydrogen (secondary N) is 1. The first-order chi connectivity index (χ1) is 8.63. The summed E-state index contributed by atoms with van der Waals surface area (Å²) in [5.41, 5.74) is 0.385. The first kappa shape index (κ1) is 13.6. The van der Waals surface area contributed by atoms with Gasteiger partial charge in [-0.1, -0.05) is 17.7 Å². The molecule has 0 aliphatic rings. The summed E-state index contributed by atoms with van der Waals surface area (Å²) >= 11 is 5.89. The number of hydrogen-bond acceptors (Lipinski definition) is 5. The van der Waals surface area contributed by atoms with Crippen LogP contribution in [0.25, 0.3) is 0 Å². The minimum absolute atomic E-state index is 0.120. The first-order valence-electron chi connectivity index (χ1n) is 4.77. The minimum Gasteiger partial charge on any atom is -0.465 e. The van der Waals surface area contributed by atoms with E-state index in [1.165, 1.54) is 19.4 Å². The topological polar surface area (TPSA) is 85.9 Å². The number of benzene rings is 1. The van der Waals surface area contributed by atoms with Gasteiger partial charge in [0.05, 0.1) is 17.8 Å². The molecule has 1 aromatic carbocycles. The Morgan fingerprint density at radius 3 is 2.67 bits per heavy atom. The molecule has 18 heavy (non-hydrogen) atoms. The molecule has 0 fully saturated rings. The molecule has 0 bridgehead atoms. The number of anilines is 1. The van der Waals surface area contributed by atoms with Crippen molar-refractivity contribution in [3.63, 3.8) is 0 Å². The summed E-state index contributed by atoms with van der Waals surface area (Å²) in [4.78, 5) is 11.5. The smallest absolute Gasteiger partial charge is 0.341 e. The van der Waals surface area contributed by atoms with Gasteiger partial charge in [-0.15, -0.1) is 0 Å². The third-order valence-electron chi connectivity index (χ3n) is 2.02. The highest BCUT2D eigenvalue weighted by atomic mass is 35.5. The Labute approximate surface area is 109 Å². The molecule has 0 saturated heterocycles. The molecule has 0 spiro atoms. The molecule has 0 amide bonds. The molecule has 0 unspecified atom stereocenters. The number of ether oxygens (including phenoxy) is 1. The molecule has 0 aromatic heterocycles. The normalized spacial score (nSPS) is 8.67. The highest BCUT2D eigenvalue weighted by molar-refractivity contribution is 6.34. The van der Waals surface area contributed by atoms with Gasteiger partial charge in [0.15, 0.2) is 0 Å². The highest BCUT2D eigenvalue weighted by Gasteiger charge is 2.15. The van der Waals surface area contributed by atoms with Crippen LogP contribution in [-0.4, -0.2) is 13.1 Å². The molecule has 0 saturated carbocycles. The lowest BCUT2D eigenvalue weighted by atomic mass is 10.1. The summed E-state index contributed by atoms with van der Waals surface area (Å²) in [6.07, 6.45) is 1.19. The van der Waals surface area contributed by atoms with E-state index in [0.29, 0.717) is 5.69 Å². The molecule has 1 aromatic rings. The van der Waals surface area contributed by atoms with Crippen LogP contribution < -0.4 is 5.32 Å². The standard InChI is InChI=1S/C12H8ClN3O2/c1-18-12(17)11-9(13)3-2-4-10(11)16-7-8(5-14)6-15/h2-4,7,16H,1H3. The second-order valence-corrected chi connectivity index (χ2v) is 3.49. The van der Waals surface area contributed by atoms with Crippen molar-refractivity contribution in [2.24, 2.45) is 0 Å². The zero-order valence-corrected chi connectivity index (χ0v) is 10.2. The lowest BCUT2D eigenvalue weighted by molar-refractivity contribution is 0.0602. The van der Waals surface area contributed by atoms with Crippen molar-refractivity contribution in [3.8, 4) is 12.1 Å². The van der Waals surface area contributed by atoms with Gasteiger partial charge in [0, 0.05) is 6.20 Å². The molecule has 1 N–H and O–H groups in total. The number of esters is 1. The van der Waals surface area contributed by atoms with Crippen LogP contribution in [0.3, 0.4) is 0 Å². The number of carbonyl (C=O) groups excluding carboxylic acids is 1. The summed E-state index contributed by atoms with van der Waals surface area (Å²) in [7, 11) is 1.24. The lowest BCUT2D eigenvalue weighted by Gasteiger charge is -2.08. The number of hydrogen-bond donors (Lipinski definition) is 1. The predicted octanol–water partition coefficient (Wildman–Crippen LogP) is 2.47. The Hall–Kier alpha value is -2.50. The Kier molecular flexibility index (Phi) is 4.74. The van der Waals surface area contributed by atoms with Crippen molar-refractivity contribution < 1.29 is 9.53 Å². The van der Waals surface area contributed by atoms with Crippen LogP contribution >= 0.6 is 11.6 Å². The van der Waals surface area contributed by atoms with Crippen LogP contribution in [0.4, 0.5) is 5.69 Å². The largest absolute Gasteiger partial charge is 0.465 e. The fourth-order valence-electron chi connectivity index (χ4n) is 1.19. The van der Waals surface area contributed by atoms with E-state index in [-0.39, 0.29) is 16.2 Å². The van der Waals surface area contributed by atoms with E-state index >= 15 is 0 Å². The molecular formula is C12H8ClN3O2. The average Bonchev–Trinajstić information content (AvgIpc) is 2.39. The van der Waals surface area contributed by atoms with Gasteiger partial charge in [-0.05, 0) is 12.1 Å². The van der Waals surface area contributed by atoms with Crippen molar-refractivity contribution in [1.82, 2.24) is 0 Å². The van der Waals surface area contributed by atoms with Gasteiger partial charge in [-0.2, -0.15) is 10.5 Å². The van der Waals surface area contributed by atoms with Crippen LogP contribution in [0.1, 0.15) is 10.4 Å². The van der Waals surface area contributed by atoms with Crippen molar-refractivity contribution in [2.45, 2.75) is 0 Å². The van der Waals surface area contributed by atoms with Gasteiger partial charge in [-0.25, -0.2) is 4.79 Å². The molecule has 0 aliphatic carbocycles. The Morgan fingerprint density at radius 1 is 1.44 bits per heavy atom. The van der Waals surface area contributed by atoms with E-state index in [1.54, 1.807) is 24.3 Å². The van der Waals surface area contributed by atoms with Crippen molar-refractivity contribution in [3.05, 3.63) is 40.6 Å². The van der Waals surface area contributed by atoms with Crippen LogP contribution in [0, 0.1) is 22.7 Å². The van der Waals surface area contributed by atoms with Crippen LogP contribution in [-0.2, 0) is 4.74 Å². The Bertz CT molecular complexity index is 566. The SMILES string of the molecule is COC(=O)c1c(Cl)cccc1NC=C(C#N)C#N. The average molecular weight is 262 g/mol. The first-order valence-corrected chi connectivity index (χ1v) is 5.15. The number of methoxy groups -OCH3 is 1. The quantitative estimate of drug-likeness (QED) is 0.667.